The van der Waals surface area contributed by atoms with Crippen molar-refractivity contribution in [1.82, 2.24) is 4.90 Å². The molecule has 3 aromatic rings. The summed E-state index contributed by atoms with van der Waals surface area (Å²) in [5.74, 6) is -3.00. The van der Waals surface area contributed by atoms with Gasteiger partial charge < -0.3 is 5.32 Å². The molecule has 3 saturated heterocycles. The number of imide groups is 1. The predicted octanol–water partition coefficient (Wildman–Crippen LogP) is 3.41. The Bertz CT molecular complexity index is 1400. The highest BCUT2D eigenvalue weighted by Gasteiger charge is 2.74. The average Bonchev–Trinajstić information content (AvgIpc) is 3.52. The van der Waals surface area contributed by atoms with Gasteiger partial charge in [-0.15, -0.1) is 0 Å². The number of hydrogen-bond acceptors (Lipinski definition) is 4. The van der Waals surface area contributed by atoms with Gasteiger partial charge in [-0.2, -0.15) is 0 Å². The maximum Gasteiger partial charge on any atom is 0.250 e. The summed E-state index contributed by atoms with van der Waals surface area (Å²) >= 11 is 0. The molecule has 3 amide bonds. The molecule has 0 unspecified atom stereocenters. The van der Waals surface area contributed by atoms with Gasteiger partial charge in [-0.05, 0) is 49.0 Å². The summed E-state index contributed by atoms with van der Waals surface area (Å²) in [5, 5.41) is 4.61. The van der Waals surface area contributed by atoms with Crippen LogP contribution in [0.25, 0.3) is 10.8 Å². The van der Waals surface area contributed by atoms with E-state index in [4.69, 9.17) is 0 Å². The molecule has 0 aromatic heterocycles. The summed E-state index contributed by atoms with van der Waals surface area (Å²) in [6.07, 6.45) is 1.55. The first kappa shape index (κ1) is 18.9. The van der Waals surface area contributed by atoms with Crippen LogP contribution in [0, 0.1) is 17.7 Å². The lowest BCUT2D eigenvalue weighted by Gasteiger charge is -2.36. The van der Waals surface area contributed by atoms with Crippen LogP contribution in [-0.4, -0.2) is 35.2 Å². The van der Waals surface area contributed by atoms with Crippen molar-refractivity contribution in [3.05, 3.63) is 72.0 Å². The molecule has 0 saturated carbocycles. The van der Waals surface area contributed by atoms with Crippen LogP contribution in [0.4, 0.5) is 15.8 Å². The Labute approximate surface area is 189 Å². The largest absolute Gasteiger partial charge is 0.324 e. The van der Waals surface area contributed by atoms with Gasteiger partial charge in [0.15, 0.2) is 0 Å². The number of rotatable bonds is 1. The SMILES string of the molecule is O=C1[C@H]2[C@H]3CCCN3[C@@]3(C(=O)Nc4ccc(F)cc43)[C@@H]2C(=O)N1c1cccc2ccccc12. The predicted molar refractivity (Wildman–Crippen MR) is 120 cm³/mol. The van der Waals surface area contributed by atoms with E-state index in [1.54, 1.807) is 12.1 Å². The van der Waals surface area contributed by atoms with Crippen LogP contribution >= 0.6 is 0 Å². The Morgan fingerprint density at radius 2 is 1.79 bits per heavy atom. The van der Waals surface area contributed by atoms with Crippen molar-refractivity contribution >= 4 is 39.9 Å². The van der Waals surface area contributed by atoms with E-state index in [1.165, 1.54) is 17.0 Å². The van der Waals surface area contributed by atoms with Crippen molar-refractivity contribution in [3.8, 4) is 0 Å². The minimum atomic E-state index is -1.37. The smallest absolute Gasteiger partial charge is 0.250 e. The van der Waals surface area contributed by atoms with Crippen LogP contribution in [0.1, 0.15) is 18.4 Å². The van der Waals surface area contributed by atoms with Crippen LogP contribution in [0.5, 0.6) is 0 Å². The first-order chi connectivity index (χ1) is 16.0. The molecule has 0 bridgehead atoms. The molecule has 4 aliphatic heterocycles. The molecular weight excluding hydrogens is 421 g/mol. The topological polar surface area (TPSA) is 69.7 Å². The fourth-order valence-electron chi connectivity index (χ4n) is 6.82. The first-order valence-electron chi connectivity index (χ1n) is 11.3. The molecule has 3 fully saturated rings. The third kappa shape index (κ3) is 2.13. The number of anilines is 2. The fourth-order valence-corrected chi connectivity index (χ4v) is 6.82. The monoisotopic (exact) mass is 441 g/mol. The highest BCUT2D eigenvalue weighted by molar-refractivity contribution is 6.28. The van der Waals surface area contributed by atoms with Crippen LogP contribution in [0.2, 0.25) is 0 Å². The maximum atomic E-state index is 14.4. The van der Waals surface area contributed by atoms with Crippen molar-refractivity contribution < 1.29 is 18.8 Å². The van der Waals surface area contributed by atoms with Crippen molar-refractivity contribution in [2.24, 2.45) is 11.8 Å². The van der Waals surface area contributed by atoms with E-state index in [1.807, 2.05) is 41.3 Å². The Balaban J connectivity index is 1.46. The zero-order valence-electron chi connectivity index (χ0n) is 17.6. The van der Waals surface area contributed by atoms with Crippen molar-refractivity contribution in [1.29, 1.82) is 0 Å². The van der Waals surface area contributed by atoms with Gasteiger partial charge in [0.1, 0.15) is 11.4 Å². The molecule has 164 valence electrons. The molecule has 3 aromatic carbocycles. The number of nitrogens with one attached hydrogen (secondary N) is 1. The standard InChI is InChI=1S/C26H20FN3O3/c27-15-10-11-18-17(13-15)26(25(33)28-18)22-21(20-9-4-12-29(20)26)23(31)30(24(22)32)19-8-3-6-14-5-1-2-7-16(14)19/h1-3,5-8,10-11,13,20-22H,4,9,12H2,(H,28,33)/t20-,21+,22+,26-/m1/s1. The molecule has 1 N–H and O–H groups in total. The Kier molecular flexibility index (Phi) is 3.59. The molecule has 6 nitrogen and oxygen atoms in total. The van der Waals surface area contributed by atoms with Gasteiger partial charge in [-0.1, -0.05) is 36.4 Å². The minimum Gasteiger partial charge on any atom is -0.324 e. The second-order valence-corrected chi connectivity index (χ2v) is 9.33. The Morgan fingerprint density at radius 1 is 0.970 bits per heavy atom. The molecular formula is C26H20FN3O3. The second-order valence-electron chi connectivity index (χ2n) is 9.33. The van der Waals surface area contributed by atoms with Gasteiger partial charge in [0.05, 0.1) is 17.5 Å². The van der Waals surface area contributed by atoms with Gasteiger partial charge in [-0.25, -0.2) is 9.29 Å². The zero-order valence-corrected chi connectivity index (χ0v) is 17.6. The van der Waals surface area contributed by atoms with E-state index in [9.17, 15) is 18.8 Å². The van der Waals surface area contributed by atoms with Crippen molar-refractivity contribution in [3.63, 3.8) is 0 Å². The Hall–Kier alpha value is -3.58. The number of carbonyl (C=O) groups is 3. The van der Waals surface area contributed by atoms with E-state index in [-0.39, 0.29) is 23.8 Å². The van der Waals surface area contributed by atoms with Crippen LogP contribution in [0.3, 0.4) is 0 Å². The molecule has 4 heterocycles. The van der Waals surface area contributed by atoms with E-state index in [0.717, 1.165) is 23.6 Å². The van der Waals surface area contributed by atoms with Gasteiger partial charge in [0.25, 0.3) is 0 Å². The normalized spacial score (nSPS) is 30.3. The third-order valence-corrected chi connectivity index (χ3v) is 7.96. The van der Waals surface area contributed by atoms with E-state index in [0.29, 0.717) is 23.5 Å². The maximum absolute atomic E-state index is 14.4. The molecule has 4 aliphatic rings. The minimum absolute atomic E-state index is 0.230. The summed E-state index contributed by atoms with van der Waals surface area (Å²) in [6, 6.07) is 17.1. The molecule has 0 aliphatic carbocycles. The summed E-state index contributed by atoms with van der Waals surface area (Å²) < 4.78 is 14.4. The number of nitrogens with zero attached hydrogens (tertiary/aromatic N) is 2. The van der Waals surface area contributed by atoms with Crippen LogP contribution < -0.4 is 10.2 Å². The first-order valence-corrected chi connectivity index (χ1v) is 11.3. The highest BCUT2D eigenvalue weighted by Crippen LogP contribution is 2.60. The number of benzene rings is 3. The molecule has 33 heavy (non-hydrogen) atoms. The lowest BCUT2D eigenvalue weighted by atomic mass is 9.75. The van der Waals surface area contributed by atoms with Crippen molar-refractivity contribution in [2.45, 2.75) is 24.4 Å². The van der Waals surface area contributed by atoms with Gasteiger partial charge in [0, 0.05) is 22.7 Å². The van der Waals surface area contributed by atoms with Gasteiger partial charge in [-0.3, -0.25) is 19.3 Å². The second kappa shape index (κ2) is 6.26. The lowest BCUT2D eigenvalue weighted by Crippen LogP contribution is -2.54. The zero-order chi connectivity index (χ0) is 22.5. The quantitative estimate of drug-likeness (QED) is 0.588. The van der Waals surface area contributed by atoms with E-state index >= 15 is 0 Å². The molecule has 7 heteroatoms. The number of amides is 3. The number of fused-ring (bicyclic) bond motifs is 8. The highest BCUT2D eigenvalue weighted by atomic mass is 19.1. The summed E-state index contributed by atoms with van der Waals surface area (Å²) in [5.41, 5.74) is 0.148. The van der Waals surface area contributed by atoms with Gasteiger partial charge in [0.2, 0.25) is 17.7 Å². The van der Waals surface area contributed by atoms with E-state index in [2.05, 4.69) is 5.32 Å². The van der Waals surface area contributed by atoms with Gasteiger partial charge >= 0.3 is 0 Å². The van der Waals surface area contributed by atoms with E-state index < -0.39 is 23.2 Å². The third-order valence-electron chi connectivity index (χ3n) is 7.96. The Morgan fingerprint density at radius 3 is 2.67 bits per heavy atom. The summed E-state index contributed by atoms with van der Waals surface area (Å²) in [4.78, 5) is 44.8. The average molecular weight is 441 g/mol. The number of carbonyl (C=O) groups excluding carboxylic acids is 3. The molecule has 4 atom stereocenters. The van der Waals surface area contributed by atoms with Crippen molar-refractivity contribution in [2.75, 3.05) is 16.8 Å². The molecule has 1 spiro atoms. The summed E-state index contributed by atoms with van der Waals surface area (Å²) in [7, 11) is 0. The summed E-state index contributed by atoms with van der Waals surface area (Å²) in [6.45, 7) is 0.593. The molecule has 7 rings (SSSR count). The fraction of sp³-hybridized carbons (Fsp3) is 0.269. The molecule has 0 radical (unpaired) electrons. The van der Waals surface area contributed by atoms with Crippen LogP contribution in [0.15, 0.2) is 60.7 Å². The lowest BCUT2D eigenvalue weighted by molar-refractivity contribution is -0.135. The van der Waals surface area contributed by atoms with Crippen LogP contribution in [-0.2, 0) is 19.9 Å². The number of halogens is 1. The number of hydrogen-bond donors (Lipinski definition) is 1.